The lowest BCUT2D eigenvalue weighted by atomic mass is 9.98. The molecule has 0 heterocycles. The normalized spacial score (nSPS) is 10.4. The average Bonchev–Trinajstić information content (AvgIpc) is 2.37. The molecule has 0 unspecified atom stereocenters. The number of ether oxygens (including phenoxy) is 1. The van der Waals surface area contributed by atoms with Crippen molar-refractivity contribution in [1.29, 1.82) is 0 Å². The molecular weight excluding hydrogens is 224 g/mol. The van der Waals surface area contributed by atoms with E-state index in [0.29, 0.717) is 6.61 Å². The maximum Gasteiger partial charge on any atom is 0.338 e. The lowest BCUT2D eigenvalue weighted by Gasteiger charge is -2.10. The molecule has 0 aliphatic rings. The van der Waals surface area contributed by atoms with Crippen LogP contribution in [0.1, 0.15) is 61.0 Å². The van der Waals surface area contributed by atoms with Crippen LogP contribution in [-0.4, -0.2) is 12.6 Å². The van der Waals surface area contributed by atoms with Crippen LogP contribution >= 0.6 is 0 Å². The van der Waals surface area contributed by atoms with Crippen molar-refractivity contribution in [2.24, 2.45) is 0 Å². The van der Waals surface area contributed by atoms with E-state index in [-0.39, 0.29) is 5.97 Å². The van der Waals surface area contributed by atoms with E-state index in [9.17, 15) is 4.79 Å². The number of benzene rings is 1. The number of carbonyl (C=O) groups excluding carboxylic acids is 1. The van der Waals surface area contributed by atoms with Crippen molar-refractivity contribution in [1.82, 2.24) is 0 Å². The summed E-state index contributed by atoms with van der Waals surface area (Å²) in [6, 6.07) is 5.92. The molecule has 0 bridgehead atoms. The summed E-state index contributed by atoms with van der Waals surface area (Å²) >= 11 is 0. The van der Waals surface area contributed by atoms with E-state index in [1.807, 2.05) is 19.1 Å². The van der Waals surface area contributed by atoms with Crippen LogP contribution < -0.4 is 0 Å². The summed E-state index contributed by atoms with van der Waals surface area (Å²) in [5.41, 5.74) is 3.06. The summed E-state index contributed by atoms with van der Waals surface area (Å²) in [4.78, 5) is 11.9. The molecule has 0 radical (unpaired) electrons. The number of hydrogen-bond acceptors (Lipinski definition) is 2. The van der Waals surface area contributed by atoms with E-state index in [2.05, 4.69) is 19.9 Å². The highest BCUT2D eigenvalue weighted by Gasteiger charge is 2.12. The summed E-state index contributed by atoms with van der Waals surface area (Å²) < 4.78 is 5.27. The van der Waals surface area contributed by atoms with Crippen molar-refractivity contribution in [3.05, 3.63) is 34.9 Å². The van der Waals surface area contributed by atoms with Crippen molar-refractivity contribution in [3.8, 4) is 0 Å². The largest absolute Gasteiger partial charge is 0.462 e. The summed E-state index contributed by atoms with van der Waals surface area (Å²) in [7, 11) is 0. The van der Waals surface area contributed by atoms with Gasteiger partial charge in [-0.1, -0.05) is 38.8 Å². The fraction of sp³-hybridized carbons (Fsp3) is 0.562. The fourth-order valence-electron chi connectivity index (χ4n) is 1.93. The molecule has 100 valence electrons. The van der Waals surface area contributed by atoms with Crippen molar-refractivity contribution < 1.29 is 9.53 Å². The van der Waals surface area contributed by atoms with Crippen molar-refractivity contribution in [2.45, 2.75) is 52.9 Å². The van der Waals surface area contributed by atoms with Crippen LogP contribution in [0.25, 0.3) is 0 Å². The number of rotatable bonds is 7. The molecule has 0 fully saturated rings. The molecule has 0 N–H and O–H groups in total. The molecule has 1 rings (SSSR count). The third kappa shape index (κ3) is 4.17. The van der Waals surface area contributed by atoms with E-state index >= 15 is 0 Å². The Morgan fingerprint density at radius 2 is 1.89 bits per heavy atom. The first-order valence-corrected chi connectivity index (χ1v) is 6.96. The number of aryl methyl sites for hydroxylation is 1. The van der Waals surface area contributed by atoms with E-state index in [1.165, 1.54) is 12.0 Å². The molecule has 0 amide bonds. The van der Waals surface area contributed by atoms with Gasteiger partial charge in [-0.15, -0.1) is 0 Å². The van der Waals surface area contributed by atoms with Gasteiger partial charge in [0.1, 0.15) is 0 Å². The monoisotopic (exact) mass is 248 g/mol. The zero-order chi connectivity index (χ0) is 13.4. The average molecular weight is 248 g/mol. The lowest BCUT2D eigenvalue weighted by Crippen LogP contribution is -2.09. The molecule has 1 aromatic rings. The van der Waals surface area contributed by atoms with Gasteiger partial charge in [0.15, 0.2) is 0 Å². The Bertz CT molecular complexity index is 383. The Morgan fingerprint density at radius 3 is 2.56 bits per heavy atom. The second-order valence-electron chi connectivity index (χ2n) is 4.68. The van der Waals surface area contributed by atoms with E-state index in [4.69, 9.17) is 4.74 Å². The maximum atomic E-state index is 11.9. The smallest absolute Gasteiger partial charge is 0.338 e. The van der Waals surface area contributed by atoms with Gasteiger partial charge >= 0.3 is 5.97 Å². The predicted octanol–water partition coefficient (Wildman–Crippen LogP) is 4.29. The van der Waals surface area contributed by atoms with Crippen LogP contribution in [-0.2, 0) is 11.2 Å². The molecular formula is C16H24O2. The van der Waals surface area contributed by atoms with Gasteiger partial charge in [-0.3, -0.25) is 0 Å². The van der Waals surface area contributed by atoms with Gasteiger partial charge in [-0.05, 0) is 43.4 Å². The van der Waals surface area contributed by atoms with E-state index in [1.54, 1.807) is 0 Å². The molecule has 1 aromatic carbocycles. The van der Waals surface area contributed by atoms with Crippen molar-refractivity contribution in [3.63, 3.8) is 0 Å². The Morgan fingerprint density at radius 1 is 1.17 bits per heavy atom. The number of carbonyl (C=O) groups is 1. The first kappa shape index (κ1) is 14.7. The van der Waals surface area contributed by atoms with Crippen LogP contribution in [0.5, 0.6) is 0 Å². The van der Waals surface area contributed by atoms with Crippen LogP contribution in [0.15, 0.2) is 18.2 Å². The maximum absolute atomic E-state index is 11.9. The summed E-state index contributed by atoms with van der Waals surface area (Å²) in [5, 5.41) is 0. The minimum Gasteiger partial charge on any atom is -0.462 e. The zero-order valence-electron chi connectivity index (χ0n) is 11.8. The minimum absolute atomic E-state index is 0.181. The molecule has 0 spiro atoms. The number of unbranched alkanes of at least 4 members (excludes halogenated alkanes) is 2. The van der Waals surface area contributed by atoms with Crippen LogP contribution in [0.2, 0.25) is 0 Å². The first-order valence-electron chi connectivity index (χ1n) is 6.96. The molecule has 0 aliphatic carbocycles. The summed E-state index contributed by atoms with van der Waals surface area (Å²) in [6.07, 6.45) is 5.35. The highest BCUT2D eigenvalue weighted by Crippen LogP contribution is 2.17. The van der Waals surface area contributed by atoms with Gasteiger partial charge in [0.25, 0.3) is 0 Å². The Kier molecular flexibility index (Phi) is 6.48. The van der Waals surface area contributed by atoms with Gasteiger partial charge in [-0.2, -0.15) is 0 Å². The second-order valence-corrected chi connectivity index (χ2v) is 4.68. The van der Waals surface area contributed by atoms with Crippen molar-refractivity contribution >= 4 is 5.97 Å². The van der Waals surface area contributed by atoms with Crippen molar-refractivity contribution in [2.75, 3.05) is 6.61 Å². The van der Waals surface area contributed by atoms with Crippen LogP contribution in [0.3, 0.4) is 0 Å². The Balaban J connectivity index is 2.72. The van der Waals surface area contributed by atoms with Gasteiger partial charge < -0.3 is 4.74 Å². The topological polar surface area (TPSA) is 26.3 Å². The van der Waals surface area contributed by atoms with Gasteiger partial charge in [0.2, 0.25) is 0 Å². The van der Waals surface area contributed by atoms with Crippen LogP contribution in [0.4, 0.5) is 0 Å². The standard InChI is InChI=1S/C16H24O2/c1-4-6-9-14-10-8-11-15(13(14)3)16(17)18-12-7-5-2/h8,10-11H,4-7,9,12H2,1-3H3. The number of esters is 1. The van der Waals surface area contributed by atoms with Gasteiger partial charge in [-0.25, -0.2) is 4.79 Å². The Labute approximate surface area is 110 Å². The van der Waals surface area contributed by atoms with E-state index < -0.39 is 0 Å². The lowest BCUT2D eigenvalue weighted by molar-refractivity contribution is 0.0499. The third-order valence-electron chi connectivity index (χ3n) is 3.20. The minimum atomic E-state index is -0.181. The fourth-order valence-corrected chi connectivity index (χ4v) is 1.93. The SMILES string of the molecule is CCCCOC(=O)c1cccc(CCCC)c1C. The predicted molar refractivity (Wildman–Crippen MR) is 75.0 cm³/mol. The molecule has 0 aliphatic heterocycles. The van der Waals surface area contributed by atoms with E-state index in [0.717, 1.165) is 36.8 Å². The van der Waals surface area contributed by atoms with Gasteiger partial charge in [0.05, 0.1) is 12.2 Å². The second kappa shape index (κ2) is 7.91. The highest BCUT2D eigenvalue weighted by atomic mass is 16.5. The molecule has 0 saturated carbocycles. The molecule has 0 saturated heterocycles. The third-order valence-corrected chi connectivity index (χ3v) is 3.20. The zero-order valence-corrected chi connectivity index (χ0v) is 11.8. The molecule has 2 nitrogen and oxygen atoms in total. The Hall–Kier alpha value is -1.31. The quantitative estimate of drug-likeness (QED) is 0.531. The van der Waals surface area contributed by atoms with Crippen LogP contribution in [0, 0.1) is 6.92 Å². The first-order chi connectivity index (χ1) is 8.70. The highest BCUT2D eigenvalue weighted by molar-refractivity contribution is 5.91. The summed E-state index contributed by atoms with van der Waals surface area (Å²) in [5.74, 6) is -0.181. The molecule has 0 aromatic heterocycles. The number of hydrogen-bond donors (Lipinski definition) is 0. The molecule has 18 heavy (non-hydrogen) atoms. The van der Waals surface area contributed by atoms with Gasteiger partial charge in [0, 0.05) is 0 Å². The molecule has 0 atom stereocenters. The molecule has 2 heteroatoms. The summed E-state index contributed by atoms with van der Waals surface area (Å²) in [6.45, 7) is 6.80.